The Bertz CT molecular complexity index is 819. The van der Waals surface area contributed by atoms with Gasteiger partial charge in [0.15, 0.2) is 10.2 Å². The van der Waals surface area contributed by atoms with E-state index >= 15 is 0 Å². The Hall–Kier alpha value is -2.09. The summed E-state index contributed by atoms with van der Waals surface area (Å²) in [5.74, 6) is 0.824. The molecule has 2 rings (SSSR count). The van der Waals surface area contributed by atoms with Crippen LogP contribution in [0.1, 0.15) is 38.5 Å². The van der Waals surface area contributed by atoms with Gasteiger partial charge in [-0.1, -0.05) is 49.4 Å². The molecular formula is C22H29ClN4OS2. The van der Waals surface area contributed by atoms with Crippen molar-refractivity contribution in [3.63, 3.8) is 0 Å². The van der Waals surface area contributed by atoms with Crippen molar-refractivity contribution in [2.24, 2.45) is 5.73 Å². The van der Waals surface area contributed by atoms with Crippen LogP contribution in [0.3, 0.4) is 0 Å². The number of rotatable bonds is 12. The number of benzene rings is 2. The molecule has 0 bridgehead atoms. The van der Waals surface area contributed by atoms with Gasteiger partial charge in [-0.2, -0.15) is 0 Å². The van der Waals surface area contributed by atoms with E-state index in [0.29, 0.717) is 16.7 Å². The van der Waals surface area contributed by atoms with Crippen LogP contribution in [-0.2, 0) is 0 Å². The van der Waals surface area contributed by atoms with E-state index in [1.807, 2.05) is 48.5 Å². The molecular weight excluding hydrogens is 436 g/mol. The predicted molar refractivity (Wildman–Crippen MR) is 136 cm³/mol. The van der Waals surface area contributed by atoms with Crippen LogP contribution < -0.4 is 26.4 Å². The van der Waals surface area contributed by atoms with Crippen molar-refractivity contribution in [2.45, 2.75) is 38.5 Å². The van der Waals surface area contributed by atoms with Crippen molar-refractivity contribution < 1.29 is 4.74 Å². The zero-order valence-corrected chi connectivity index (χ0v) is 19.3. The Labute approximate surface area is 194 Å². The molecule has 0 heterocycles. The second kappa shape index (κ2) is 14.0. The average molecular weight is 465 g/mol. The van der Waals surface area contributed by atoms with Crippen LogP contribution in [0, 0.1) is 0 Å². The molecule has 0 amide bonds. The van der Waals surface area contributed by atoms with Gasteiger partial charge in [0.1, 0.15) is 5.75 Å². The van der Waals surface area contributed by atoms with Crippen LogP contribution in [0.4, 0.5) is 11.4 Å². The molecule has 0 saturated carbocycles. The number of hydrogen-bond acceptors (Lipinski definition) is 3. The number of nitrogens with two attached hydrogens (primary N) is 1. The van der Waals surface area contributed by atoms with Crippen LogP contribution in [0.2, 0.25) is 5.02 Å². The lowest BCUT2D eigenvalue weighted by molar-refractivity contribution is 0.304. The number of hydrogen-bond donors (Lipinski definition) is 4. The maximum absolute atomic E-state index is 5.97. The average Bonchev–Trinajstić information content (AvgIpc) is 2.69. The lowest BCUT2D eigenvalue weighted by Gasteiger charge is -2.11. The highest BCUT2D eigenvalue weighted by atomic mass is 35.5. The molecule has 0 radical (unpaired) electrons. The molecule has 30 heavy (non-hydrogen) atoms. The quantitative estimate of drug-likeness (QED) is 0.237. The van der Waals surface area contributed by atoms with Gasteiger partial charge in [-0.25, -0.2) is 0 Å². The maximum Gasteiger partial charge on any atom is 0.170 e. The summed E-state index contributed by atoms with van der Waals surface area (Å²) in [6.07, 6.45) is 6.89. The topological polar surface area (TPSA) is 71.3 Å². The Morgan fingerprint density at radius 3 is 2.27 bits per heavy atom. The summed E-state index contributed by atoms with van der Waals surface area (Å²) in [6, 6.07) is 15.2. The van der Waals surface area contributed by atoms with Crippen LogP contribution in [0.15, 0.2) is 48.5 Å². The van der Waals surface area contributed by atoms with E-state index < -0.39 is 0 Å². The minimum absolute atomic E-state index is 0.251. The Balaban J connectivity index is 1.45. The first-order valence-electron chi connectivity index (χ1n) is 10.1. The van der Waals surface area contributed by atoms with Crippen LogP contribution in [0.25, 0.3) is 0 Å². The van der Waals surface area contributed by atoms with Gasteiger partial charge in [-0.05, 0) is 67.6 Å². The Morgan fingerprint density at radius 2 is 1.53 bits per heavy atom. The minimum Gasteiger partial charge on any atom is -0.494 e. The molecule has 0 unspecified atom stereocenters. The lowest BCUT2D eigenvalue weighted by atomic mass is 10.1. The fourth-order valence-corrected chi connectivity index (χ4v) is 3.40. The highest BCUT2D eigenvalue weighted by Gasteiger charge is 2.00. The molecule has 5 nitrogen and oxygen atoms in total. The number of nitrogens with one attached hydrogen (secondary N) is 3. The van der Waals surface area contributed by atoms with Crippen molar-refractivity contribution in [3.05, 3.63) is 53.6 Å². The van der Waals surface area contributed by atoms with Gasteiger partial charge < -0.3 is 26.4 Å². The summed E-state index contributed by atoms with van der Waals surface area (Å²) in [7, 11) is 0. The Kier molecular flexibility index (Phi) is 11.3. The number of anilines is 2. The molecule has 5 N–H and O–H groups in total. The fourth-order valence-electron chi connectivity index (χ4n) is 2.87. The van der Waals surface area contributed by atoms with E-state index in [-0.39, 0.29) is 5.11 Å². The van der Waals surface area contributed by atoms with Crippen molar-refractivity contribution >= 4 is 57.6 Å². The van der Waals surface area contributed by atoms with Gasteiger partial charge in [0.2, 0.25) is 0 Å². The number of unbranched alkanes of at least 4 members (excludes halogenated alkanes) is 5. The largest absolute Gasteiger partial charge is 0.494 e. The Morgan fingerprint density at radius 1 is 0.867 bits per heavy atom. The van der Waals surface area contributed by atoms with Gasteiger partial charge in [0, 0.05) is 29.0 Å². The molecule has 2 aromatic carbocycles. The van der Waals surface area contributed by atoms with E-state index in [1.54, 1.807) is 0 Å². The van der Waals surface area contributed by atoms with Crippen LogP contribution in [-0.4, -0.2) is 23.4 Å². The van der Waals surface area contributed by atoms with Crippen molar-refractivity contribution in [1.29, 1.82) is 0 Å². The molecule has 0 aliphatic heterocycles. The smallest absolute Gasteiger partial charge is 0.170 e. The van der Waals surface area contributed by atoms with E-state index in [4.69, 9.17) is 46.5 Å². The summed E-state index contributed by atoms with van der Waals surface area (Å²) in [4.78, 5) is 0. The monoisotopic (exact) mass is 464 g/mol. The van der Waals surface area contributed by atoms with Crippen molar-refractivity contribution in [2.75, 3.05) is 23.8 Å². The van der Waals surface area contributed by atoms with Crippen molar-refractivity contribution in [1.82, 2.24) is 5.32 Å². The van der Waals surface area contributed by atoms with Gasteiger partial charge in [-0.3, -0.25) is 0 Å². The predicted octanol–water partition coefficient (Wildman–Crippen LogP) is 5.70. The second-order valence-electron chi connectivity index (χ2n) is 6.88. The summed E-state index contributed by atoms with van der Waals surface area (Å²) in [5, 5.41) is 10.8. The molecule has 0 aliphatic rings. The second-order valence-corrected chi connectivity index (χ2v) is 8.16. The van der Waals surface area contributed by atoms with Gasteiger partial charge in [-0.15, -0.1) is 0 Å². The third-order valence-corrected chi connectivity index (χ3v) is 4.89. The highest BCUT2D eigenvalue weighted by Crippen LogP contribution is 2.18. The highest BCUT2D eigenvalue weighted by molar-refractivity contribution is 7.80. The molecule has 8 heteroatoms. The first-order chi connectivity index (χ1) is 14.5. The van der Waals surface area contributed by atoms with E-state index in [9.17, 15) is 0 Å². The number of halogens is 1. The summed E-state index contributed by atoms with van der Waals surface area (Å²) >= 11 is 16.1. The minimum atomic E-state index is 0.251. The standard InChI is InChI=1S/C22H29ClN4OS2/c23-17-9-7-10-18(15-17)27-22(30)25-13-5-3-1-2-4-6-14-28-20-12-8-11-19(16-20)26-21(24)29/h7-12,15-16H,1-6,13-14H2,(H3,24,26,29)(H2,25,27,30). The third-order valence-electron chi connectivity index (χ3n) is 4.31. The number of ether oxygens (including phenoxy) is 1. The fraction of sp³-hybridized carbons (Fsp3) is 0.364. The van der Waals surface area contributed by atoms with E-state index in [2.05, 4.69) is 16.0 Å². The first-order valence-corrected chi connectivity index (χ1v) is 11.3. The molecule has 0 fully saturated rings. The maximum atomic E-state index is 5.97. The number of thiocarbonyl (C=S) groups is 2. The van der Waals surface area contributed by atoms with Gasteiger partial charge in [0.25, 0.3) is 0 Å². The zero-order valence-electron chi connectivity index (χ0n) is 17.0. The zero-order chi connectivity index (χ0) is 21.6. The normalized spacial score (nSPS) is 10.3. The summed E-state index contributed by atoms with van der Waals surface area (Å²) < 4.78 is 5.79. The molecule has 2 aromatic rings. The molecule has 0 aliphatic carbocycles. The first kappa shape index (κ1) is 24.2. The molecule has 0 spiro atoms. The molecule has 0 atom stereocenters. The summed E-state index contributed by atoms with van der Waals surface area (Å²) in [6.45, 7) is 1.58. The van der Waals surface area contributed by atoms with Crippen molar-refractivity contribution in [3.8, 4) is 5.75 Å². The van der Waals surface area contributed by atoms with Crippen LogP contribution >= 0.6 is 36.0 Å². The summed E-state index contributed by atoms with van der Waals surface area (Å²) in [5.41, 5.74) is 7.23. The van der Waals surface area contributed by atoms with Gasteiger partial charge in [0.05, 0.1) is 6.61 Å². The lowest BCUT2D eigenvalue weighted by Crippen LogP contribution is -2.29. The third kappa shape index (κ3) is 10.6. The SMILES string of the molecule is NC(=S)Nc1cccc(OCCCCCCCCNC(=S)Nc2cccc(Cl)c2)c1. The van der Waals surface area contributed by atoms with E-state index in [0.717, 1.165) is 42.9 Å². The molecule has 0 aromatic heterocycles. The molecule has 0 saturated heterocycles. The van der Waals surface area contributed by atoms with Crippen LogP contribution in [0.5, 0.6) is 5.75 Å². The van der Waals surface area contributed by atoms with Gasteiger partial charge >= 0.3 is 0 Å². The van der Waals surface area contributed by atoms with E-state index in [1.165, 1.54) is 19.3 Å². The molecule has 162 valence electrons.